The van der Waals surface area contributed by atoms with Crippen molar-refractivity contribution in [3.05, 3.63) is 12.2 Å². The highest BCUT2D eigenvalue weighted by molar-refractivity contribution is 5.73. The van der Waals surface area contributed by atoms with Gasteiger partial charge in [0.25, 0.3) is 0 Å². The van der Waals surface area contributed by atoms with Crippen LogP contribution in [-0.2, 0) is 19.0 Å². The number of hydrogen-bond donors (Lipinski definition) is 0. The Labute approximate surface area is 131 Å². The summed E-state index contributed by atoms with van der Waals surface area (Å²) in [5, 5.41) is 0. The van der Waals surface area contributed by atoms with Crippen LogP contribution in [0, 0.1) is 41.4 Å². The zero-order valence-electron chi connectivity index (χ0n) is 12.9. The number of carbonyl (C=O) groups is 1. The molecule has 4 bridgehead atoms. The van der Waals surface area contributed by atoms with E-state index >= 15 is 0 Å². The maximum atomic E-state index is 12.4. The maximum Gasteiger partial charge on any atom is 0.311 e. The number of esters is 1. The van der Waals surface area contributed by atoms with Crippen LogP contribution in [0.2, 0.25) is 0 Å². The summed E-state index contributed by atoms with van der Waals surface area (Å²) in [6.45, 7) is 0.807. The molecule has 4 nitrogen and oxygen atoms in total. The molecule has 8 unspecified atom stereocenters. The number of ether oxygens (including phenoxy) is 3. The molecule has 5 aliphatic rings. The molecule has 0 aromatic heterocycles. The van der Waals surface area contributed by atoms with E-state index in [-0.39, 0.29) is 25.0 Å². The standard InChI is InChI=1S/C18H24O4/c19-18(22-9-21-15-2-1-5-20-15)14-8-12-7-13(14)17-11-4-3-10(6-11)16(12)17/h3-4,10-17H,1-2,5-9H2. The molecule has 4 heteroatoms. The molecule has 0 spiro atoms. The summed E-state index contributed by atoms with van der Waals surface area (Å²) < 4.78 is 16.3. The summed E-state index contributed by atoms with van der Waals surface area (Å²) in [5.74, 6) is 4.57. The molecular weight excluding hydrogens is 280 g/mol. The quantitative estimate of drug-likeness (QED) is 0.347. The number of carbonyl (C=O) groups excluding carboxylic acids is 1. The SMILES string of the molecule is O=C(OCOC1CCCO1)C1CC2CC1C1C3C=CC(C3)C21. The molecule has 1 saturated heterocycles. The van der Waals surface area contributed by atoms with Gasteiger partial charge in [-0.1, -0.05) is 12.2 Å². The van der Waals surface area contributed by atoms with E-state index in [4.69, 9.17) is 14.2 Å². The fourth-order valence-electron chi connectivity index (χ4n) is 6.24. The Bertz CT molecular complexity index is 495. The van der Waals surface area contributed by atoms with Crippen LogP contribution in [-0.4, -0.2) is 25.7 Å². The Morgan fingerprint density at radius 3 is 2.82 bits per heavy atom. The van der Waals surface area contributed by atoms with Gasteiger partial charge in [-0.25, -0.2) is 0 Å². The molecular formula is C18H24O4. The van der Waals surface area contributed by atoms with Gasteiger partial charge < -0.3 is 14.2 Å². The molecule has 5 rings (SSSR count). The first-order valence-electron chi connectivity index (χ1n) is 8.89. The fraction of sp³-hybridized carbons (Fsp3) is 0.833. The van der Waals surface area contributed by atoms with E-state index in [0.29, 0.717) is 5.92 Å². The topological polar surface area (TPSA) is 44.8 Å². The normalized spacial score (nSPS) is 50.7. The fourth-order valence-corrected chi connectivity index (χ4v) is 6.24. The molecule has 22 heavy (non-hydrogen) atoms. The van der Waals surface area contributed by atoms with Gasteiger partial charge in [-0.15, -0.1) is 0 Å². The van der Waals surface area contributed by atoms with Crippen molar-refractivity contribution in [2.24, 2.45) is 41.4 Å². The van der Waals surface area contributed by atoms with Crippen LogP contribution in [0.25, 0.3) is 0 Å². The molecule has 8 atom stereocenters. The van der Waals surface area contributed by atoms with Crippen molar-refractivity contribution >= 4 is 5.97 Å². The molecule has 1 heterocycles. The van der Waals surface area contributed by atoms with Gasteiger partial charge in [0.2, 0.25) is 0 Å². The van der Waals surface area contributed by atoms with Crippen molar-refractivity contribution < 1.29 is 19.0 Å². The lowest BCUT2D eigenvalue weighted by atomic mass is 9.69. The third kappa shape index (κ3) is 1.93. The minimum atomic E-state index is -0.173. The average molecular weight is 304 g/mol. The molecule has 3 saturated carbocycles. The van der Waals surface area contributed by atoms with E-state index < -0.39 is 0 Å². The second-order valence-corrected chi connectivity index (χ2v) is 7.80. The zero-order valence-corrected chi connectivity index (χ0v) is 12.9. The van der Waals surface area contributed by atoms with E-state index in [0.717, 1.165) is 55.5 Å². The van der Waals surface area contributed by atoms with Crippen molar-refractivity contribution in [1.29, 1.82) is 0 Å². The van der Waals surface area contributed by atoms with Crippen LogP contribution in [0.3, 0.4) is 0 Å². The van der Waals surface area contributed by atoms with Crippen molar-refractivity contribution in [2.75, 3.05) is 13.4 Å². The lowest BCUT2D eigenvalue weighted by Gasteiger charge is -2.35. The molecule has 0 aromatic carbocycles. The highest BCUT2D eigenvalue weighted by Crippen LogP contribution is 2.67. The monoisotopic (exact) mass is 304 g/mol. The highest BCUT2D eigenvalue weighted by Gasteiger charge is 2.62. The summed E-state index contributed by atoms with van der Waals surface area (Å²) in [5.41, 5.74) is 0. The lowest BCUT2D eigenvalue weighted by Crippen LogP contribution is -2.35. The van der Waals surface area contributed by atoms with E-state index in [1.54, 1.807) is 0 Å². The second-order valence-electron chi connectivity index (χ2n) is 7.80. The van der Waals surface area contributed by atoms with Gasteiger partial charge in [0.1, 0.15) is 0 Å². The third-order valence-electron chi connectivity index (χ3n) is 6.92. The molecule has 4 aliphatic carbocycles. The second kappa shape index (κ2) is 5.07. The van der Waals surface area contributed by atoms with E-state index in [2.05, 4.69) is 12.2 Å². The van der Waals surface area contributed by atoms with Crippen LogP contribution in [0.5, 0.6) is 0 Å². The summed E-state index contributed by atoms with van der Waals surface area (Å²) in [7, 11) is 0. The Morgan fingerprint density at radius 1 is 1.14 bits per heavy atom. The first kappa shape index (κ1) is 13.6. The number of rotatable bonds is 4. The Morgan fingerprint density at radius 2 is 2.00 bits per heavy atom. The minimum absolute atomic E-state index is 0.0318. The van der Waals surface area contributed by atoms with Gasteiger partial charge in [0.15, 0.2) is 13.1 Å². The molecule has 0 radical (unpaired) electrons. The van der Waals surface area contributed by atoms with Crippen molar-refractivity contribution in [3.63, 3.8) is 0 Å². The summed E-state index contributed by atoms with van der Waals surface area (Å²) in [6, 6.07) is 0. The first-order chi connectivity index (χ1) is 10.8. The molecule has 120 valence electrons. The van der Waals surface area contributed by atoms with Gasteiger partial charge in [0.05, 0.1) is 5.92 Å². The number of fused-ring (bicyclic) bond motifs is 9. The highest BCUT2D eigenvalue weighted by atomic mass is 16.8. The third-order valence-corrected chi connectivity index (χ3v) is 6.92. The molecule has 0 aromatic rings. The summed E-state index contributed by atoms with van der Waals surface area (Å²) in [4.78, 5) is 12.4. The van der Waals surface area contributed by atoms with Gasteiger partial charge in [-0.3, -0.25) is 4.79 Å². The molecule has 0 N–H and O–H groups in total. The first-order valence-corrected chi connectivity index (χ1v) is 8.89. The molecule has 0 amide bonds. The van der Waals surface area contributed by atoms with Crippen LogP contribution in [0.1, 0.15) is 32.1 Å². The maximum absolute atomic E-state index is 12.4. The lowest BCUT2D eigenvalue weighted by molar-refractivity contribution is -0.192. The van der Waals surface area contributed by atoms with Crippen LogP contribution < -0.4 is 0 Å². The van der Waals surface area contributed by atoms with Crippen molar-refractivity contribution in [3.8, 4) is 0 Å². The van der Waals surface area contributed by atoms with Crippen LogP contribution in [0.4, 0.5) is 0 Å². The van der Waals surface area contributed by atoms with E-state index in [1.165, 1.54) is 12.8 Å². The predicted molar refractivity (Wildman–Crippen MR) is 78.4 cm³/mol. The molecule has 4 fully saturated rings. The Hall–Kier alpha value is -0.870. The molecule has 1 aliphatic heterocycles. The zero-order chi connectivity index (χ0) is 14.7. The Kier molecular flexibility index (Phi) is 3.12. The summed E-state index contributed by atoms with van der Waals surface area (Å²) in [6.07, 6.45) is 10.2. The summed E-state index contributed by atoms with van der Waals surface area (Å²) >= 11 is 0. The van der Waals surface area contributed by atoms with Crippen molar-refractivity contribution in [2.45, 2.75) is 38.4 Å². The van der Waals surface area contributed by atoms with Gasteiger partial charge in [0, 0.05) is 13.0 Å². The van der Waals surface area contributed by atoms with Gasteiger partial charge >= 0.3 is 5.97 Å². The number of hydrogen-bond acceptors (Lipinski definition) is 4. The van der Waals surface area contributed by atoms with Gasteiger partial charge in [-0.2, -0.15) is 0 Å². The minimum Gasteiger partial charge on any atom is -0.438 e. The van der Waals surface area contributed by atoms with E-state index in [1.807, 2.05) is 0 Å². The largest absolute Gasteiger partial charge is 0.438 e. The van der Waals surface area contributed by atoms with E-state index in [9.17, 15) is 4.79 Å². The number of allylic oxidation sites excluding steroid dienone is 2. The smallest absolute Gasteiger partial charge is 0.311 e. The average Bonchev–Trinajstić information content (AvgIpc) is 3.28. The Balaban J connectivity index is 1.19. The predicted octanol–water partition coefficient (Wildman–Crippen LogP) is 2.73. The van der Waals surface area contributed by atoms with Crippen LogP contribution >= 0.6 is 0 Å². The van der Waals surface area contributed by atoms with Crippen LogP contribution in [0.15, 0.2) is 12.2 Å². The van der Waals surface area contributed by atoms with Crippen molar-refractivity contribution in [1.82, 2.24) is 0 Å². The van der Waals surface area contributed by atoms with Gasteiger partial charge in [-0.05, 0) is 61.2 Å².